The first-order chi connectivity index (χ1) is 9.52. The minimum Gasteiger partial charge on any atom is -0.383 e. The Kier molecular flexibility index (Phi) is 3.17. The zero-order valence-electron chi connectivity index (χ0n) is 12.1. The third-order valence-corrected chi connectivity index (χ3v) is 3.74. The van der Waals surface area contributed by atoms with Gasteiger partial charge in [-0.3, -0.25) is 0 Å². The van der Waals surface area contributed by atoms with Crippen molar-refractivity contribution in [2.24, 2.45) is 0 Å². The Morgan fingerprint density at radius 1 is 1.30 bits per heavy atom. The monoisotopic (exact) mass is 272 g/mol. The minimum absolute atomic E-state index is 0.378. The predicted octanol–water partition coefficient (Wildman–Crippen LogP) is 1.34. The molecule has 2 aromatic rings. The first kappa shape index (κ1) is 13.1. The Bertz CT molecular complexity index is 654. The van der Waals surface area contributed by atoms with E-state index in [9.17, 15) is 0 Å². The van der Waals surface area contributed by atoms with Gasteiger partial charge in [0, 0.05) is 18.3 Å². The van der Waals surface area contributed by atoms with Gasteiger partial charge < -0.3 is 16.0 Å². The summed E-state index contributed by atoms with van der Waals surface area (Å²) >= 11 is 0. The number of hydrogen-bond acceptors (Lipinski definition) is 6. The van der Waals surface area contributed by atoms with Crippen LogP contribution in [0.15, 0.2) is 6.07 Å². The highest BCUT2D eigenvalue weighted by Crippen LogP contribution is 2.23. The largest absolute Gasteiger partial charge is 0.383 e. The Morgan fingerprint density at radius 2 is 2.10 bits per heavy atom. The molecule has 6 heteroatoms. The van der Waals surface area contributed by atoms with Crippen LogP contribution in [-0.2, 0) is 0 Å². The molecular formula is C14H20N6. The van der Waals surface area contributed by atoms with Gasteiger partial charge in [0.25, 0.3) is 0 Å². The number of aromatic nitrogens is 3. The molecule has 1 atom stereocenters. The summed E-state index contributed by atoms with van der Waals surface area (Å²) in [5.41, 5.74) is 8.75. The van der Waals surface area contributed by atoms with Gasteiger partial charge in [0.05, 0.1) is 5.39 Å². The van der Waals surface area contributed by atoms with Crippen molar-refractivity contribution in [1.29, 1.82) is 0 Å². The fourth-order valence-corrected chi connectivity index (χ4v) is 2.81. The number of pyridine rings is 1. The molecule has 2 aromatic heterocycles. The third-order valence-electron chi connectivity index (χ3n) is 3.74. The molecule has 3 N–H and O–H groups in total. The van der Waals surface area contributed by atoms with Gasteiger partial charge >= 0.3 is 0 Å². The number of rotatable bonds is 2. The van der Waals surface area contributed by atoms with Crippen LogP contribution in [-0.4, -0.2) is 46.0 Å². The van der Waals surface area contributed by atoms with E-state index in [4.69, 9.17) is 5.73 Å². The SMILES string of the molecule is Cc1cc(C)c2c(N)nc(N[C@H]3CCN(C)C3)nc2n1. The second-order valence-electron chi connectivity index (χ2n) is 5.60. The molecule has 6 nitrogen and oxygen atoms in total. The maximum atomic E-state index is 6.07. The van der Waals surface area contributed by atoms with Crippen LogP contribution in [0.25, 0.3) is 11.0 Å². The maximum absolute atomic E-state index is 6.07. The summed E-state index contributed by atoms with van der Waals surface area (Å²) in [5, 5.41) is 4.21. The van der Waals surface area contributed by atoms with Gasteiger partial charge in [-0.25, -0.2) is 4.98 Å². The number of fused-ring (bicyclic) bond motifs is 1. The summed E-state index contributed by atoms with van der Waals surface area (Å²) in [6.07, 6.45) is 1.10. The Labute approximate surface area is 118 Å². The molecular weight excluding hydrogens is 252 g/mol. The van der Waals surface area contributed by atoms with Crippen LogP contribution in [0, 0.1) is 13.8 Å². The van der Waals surface area contributed by atoms with Crippen LogP contribution in [0.2, 0.25) is 0 Å². The topological polar surface area (TPSA) is 80.0 Å². The van der Waals surface area contributed by atoms with Crippen LogP contribution in [0.1, 0.15) is 17.7 Å². The second kappa shape index (κ2) is 4.86. The number of nitrogens with two attached hydrogens (primary N) is 1. The number of likely N-dealkylation sites (tertiary alicyclic amines) is 1. The average molecular weight is 272 g/mol. The quantitative estimate of drug-likeness (QED) is 0.859. The van der Waals surface area contributed by atoms with E-state index in [1.165, 1.54) is 0 Å². The van der Waals surface area contributed by atoms with Crippen LogP contribution in [0.3, 0.4) is 0 Å². The molecule has 3 heterocycles. The van der Waals surface area contributed by atoms with Crippen LogP contribution in [0.4, 0.5) is 11.8 Å². The molecule has 1 fully saturated rings. The van der Waals surface area contributed by atoms with Crippen LogP contribution < -0.4 is 11.1 Å². The molecule has 0 radical (unpaired) electrons. The molecule has 0 spiro atoms. The van der Waals surface area contributed by atoms with Crippen LogP contribution in [0.5, 0.6) is 0 Å². The number of aryl methyl sites for hydroxylation is 2. The highest BCUT2D eigenvalue weighted by Gasteiger charge is 2.20. The standard InChI is InChI=1S/C14H20N6/c1-8-6-9(2)16-13-11(8)12(15)18-14(19-13)17-10-4-5-20(3)7-10/h6,10H,4-5,7H2,1-3H3,(H3,15,16,17,18,19)/t10-/m0/s1. The predicted molar refractivity (Wildman–Crippen MR) is 80.7 cm³/mol. The number of likely N-dealkylation sites (N-methyl/N-ethyl adjacent to an activating group) is 1. The molecule has 1 aliphatic rings. The molecule has 3 rings (SSSR count). The Morgan fingerprint density at radius 3 is 2.80 bits per heavy atom. The van der Waals surface area contributed by atoms with Crippen LogP contribution >= 0.6 is 0 Å². The summed E-state index contributed by atoms with van der Waals surface area (Å²) < 4.78 is 0. The lowest BCUT2D eigenvalue weighted by molar-refractivity contribution is 0.414. The number of nitrogens with one attached hydrogen (secondary N) is 1. The zero-order valence-corrected chi connectivity index (χ0v) is 12.1. The molecule has 0 aromatic carbocycles. The number of anilines is 2. The highest BCUT2D eigenvalue weighted by molar-refractivity contribution is 5.89. The van der Waals surface area contributed by atoms with Crippen molar-refractivity contribution in [3.63, 3.8) is 0 Å². The van der Waals surface area contributed by atoms with Crippen molar-refractivity contribution in [1.82, 2.24) is 19.9 Å². The van der Waals surface area contributed by atoms with E-state index in [1.807, 2.05) is 19.9 Å². The summed E-state index contributed by atoms with van der Waals surface area (Å²) in [6.45, 7) is 6.07. The summed E-state index contributed by atoms with van der Waals surface area (Å²) in [7, 11) is 2.12. The number of hydrogen-bond donors (Lipinski definition) is 2. The first-order valence-corrected chi connectivity index (χ1v) is 6.89. The lowest BCUT2D eigenvalue weighted by Gasteiger charge is -2.14. The molecule has 0 aliphatic carbocycles. The van der Waals surface area contributed by atoms with E-state index in [-0.39, 0.29) is 0 Å². The van der Waals surface area contributed by atoms with Gasteiger partial charge in [-0.1, -0.05) is 0 Å². The molecule has 1 saturated heterocycles. The molecule has 0 amide bonds. The van der Waals surface area contributed by atoms with Crippen molar-refractivity contribution in [3.05, 3.63) is 17.3 Å². The van der Waals surface area contributed by atoms with Crippen molar-refractivity contribution in [2.45, 2.75) is 26.3 Å². The van der Waals surface area contributed by atoms with Gasteiger partial charge in [0.15, 0.2) is 5.65 Å². The van der Waals surface area contributed by atoms with E-state index in [0.29, 0.717) is 23.5 Å². The second-order valence-corrected chi connectivity index (χ2v) is 5.60. The van der Waals surface area contributed by atoms with E-state index in [2.05, 4.69) is 32.2 Å². The van der Waals surface area contributed by atoms with Crippen molar-refractivity contribution in [2.75, 3.05) is 31.2 Å². The summed E-state index contributed by atoms with van der Waals surface area (Å²) in [5.74, 6) is 1.07. The van der Waals surface area contributed by atoms with E-state index >= 15 is 0 Å². The number of nitrogen functional groups attached to an aromatic ring is 1. The van der Waals surface area contributed by atoms with Crippen molar-refractivity contribution in [3.8, 4) is 0 Å². The van der Waals surface area contributed by atoms with Crippen molar-refractivity contribution < 1.29 is 0 Å². The molecule has 0 saturated carbocycles. The van der Waals surface area contributed by atoms with Crippen molar-refractivity contribution >= 4 is 22.8 Å². The molecule has 20 heavy (non-hydrogen) atoms. The average Bonchev–Trinajstić information content (AvgIpc) is 2.73. The van der Waals surface area contributed by atoms with E-state index < -0.39 is 0 Å². The molecule has 0 bridgehead atoms. The highest BCUT2D eigenvalue weighted by atomic mass is 15.2. The molecule has 106 valence electrons. The lowest BCUT2D eigenvalue weighted by Crippen LogP contribution is -2.24. The smallest absolute Gasteiger partial charge is 0.226 e. The van der Waals surface area contributed by atoms with Gasteiger partial charge in [-0.05, 0) is 45.5 Å². The van der Waals surface area contributed by atoms with Gasteiger partial charge in [-0.2, -0.15) is 9.97 Å². The van der Waals surface area contributed by atoms with E-state index in [1.54, 1.807) is 0 Å². The summed E-state index contributed by atoms with van der Waals surface area (Å²) in [4.78, 5) is 15.6. The van der Waals surface area contributed by atoms with Gasteiger partial charge in [-0.15, -0.1) is 0 Å². The molecule has 1 aliphatic heterocycles. The lowest BCUT2D eigenvalue weighted by atomic mass is 10.1. The van der Waals surface area contributed by atoms with Gasteiger partial charge in [0.2, 0.25) is 5.95 Å². The zero-order chi connectivity index (χ0) is 14.3. The third kappa shape index (κ3) is 2.38. The Balaban J connectivity index is 1.97. The fraction of sp³-hybridized carbons (Fsp3) is 0.500. The minimum atomic E-state index is 0.378. The maximum Gasteiger partial charge on any atom is 0.226 e. The number of nitrogens with zero attached hydrogens (tertiary/aromatic N) is 4. The van der Waals surface area contributed by atoms with E-state index in [0.717, 1.165) is 36.2 Å². The fourth-order valence-electron chi connectivity index (χ4n) is 2.81. The summed E-state index contributed by atoms with van der Waals surface area (Å²) in [6, 6.07) is 2.38. The molecule has 0 unspecified atom stereocenters. The van der Waals surface area contributed by atoms with Gasteiger partial charge in [0.1, 0.15) is 5.82 Å². The normalized spacial score (nSPS) is 19.6. The Hall–Kier alpha value is -1.95. The first-order valence-electron chi connectivity index (χ1n) is 6.89.